The third-order valence-corrected chi connectivity index (χ3v) is 2.97. The zero-order valence-corrected chi connectivity index (χ0v) is 11.6. The number of nitrogens with one attached hydrogen (secondary N) is 1. The molecule has 1 amide bonds. The predicted molar refractivity (Wildman–Crippen MR) is 73.7 cm³/mol. The standard InChI is InChI=1S/C15H18N2O3/c1-10(8-15(19)20)7-14(18)17-11(2)13-5-3-12(9-16)4-6-13/h3-6,10-11H,7-8H2,1-2H3,(H,17,18)(H,19,20). The van der Waals surface area contributed by atoms with Crippen LogP contribution in [-0.4, -0.2) is 17.0 Å². The van der Waals surface area contributed by atoms with Gasteiger partial charge in [-0.15, -0.1) is 0 Å². The molecule has 0 saturated carbocycles. The highest BCUT2D eigenvalue weighted by Gasteiger charge is 2.15. The molecular weight excluding hydrogens is 256 g/mol. The Morgan fingerprint density at radius 2 is 1.85 bits per heavy atom. The van der Waals surface area contributed by atoms with E-state index in [0.29, 0.717) is 5.56 Å². The summed E-state index contributed by atoms with van der Waals surface area (Å²) in [7, 11) is 0. The van der Waals surface area contributed by atoms with Gasteiger partial charge in [0.1, 0.15) is 0 Å². The second kappa shape index (κ2) is 7.29. The second-order valence-corrected chi connectivity index (χ2v) is 4.93. The van der Waals surface area contributed by atoms with Crippen molar-refractivity contribution >= 4 is 11.9 Å². The molecule has 5 heteroatoms. The fourth-order valence-corrected chi connectivity index (χ4v) is 1.92. The first kappa shape index (κ1) is 15.7. The molecule has 1 aromatic rings. The van der Waals surface area contributed by atoms with Crippen LogP contribution in [0.2, 0.25) is 0 Å². The van der Waals surface area contributed by atoms with Gasteiger partial charge in [0.05, 0.1) is 17.7 Å². The number of aliphatic carboxylic acids is 1. The third kappa shape index (κ3) is 5.11. The van der Waals surface area contributed by atoms with E-state index in [0.717, 1.165) is 5.56 Å². The molecule has 2 unspecified atom stereocenters. The Kier molecular flexibility index (Phi) is 5.73. The molecule has 0 aromatic heterocycles. The number of rotatable bonds is 6. The van der Waals surface area contributed by atoms with E-state index < -0.39 is 5.97 Å². The first-order valence-corrected chi connectivity index (χ1v) is 6.43. The summed E-state index contributed by atoms with van der Waals surface area (Å²) in [6.07, 6.45) is 0.172. The van der Waals surface area contributed by atoms with Gasteiger partial charge in [-0.1, -0.05) is 19.1 Å². The number of nitriles is 1. The zero-order chi connectivity index (χ0) is 15.1. The number of nitrogens with zero attached hydrogens (tertiary/aromatic N) is 1. The van der Waals surface area contributed by atoms with Crippen molar-refractivity contribution in [3.63, 3.8) is 0 Å². The van der Waals surface area contributed by atoms with Crippen LogP contribution in [-0.2, 0) is 9.59 Å². The number of carboxylic acids is 1. The highest BCUT2D eigenvalue weighted by Crippen LogP contribution is 2.14. The maximum absolute atomic E-state index is 11.8. The number of carbonyl (C=O) groups is 2. The molecule has 0 radical (unpaired) electrons. The van der Waals surface area contributed by atoms with E-state index in [-0.39, 0.29) is 30.7 Å². The van der Waals surface area contributed by atoms with E-state index in [4.69, 9.17) is 10.4 Å². The van der Waals surface area contributed by atoms with Gasteiger partial charge in [-0.25, -0.2) is 0 Å². The number of carbonyl (C=O) groups excluding carboxylic acids is 1. The number of hydrogen-bond acceptors (Lipinski definition) is 3. The first-order valence-electron chi connectivity index (χ1n) is 6.43. The monoisotopic (exact) mass is 274 g/mol. The lowest BCUT2D eigenvalue weighted by Crippen LogP contribution is -2.28. The third-order valence-electron chi connectivity index (χ3n) is 2.97. The Hall–Kier alpha value is -2.35. The van der Waals surface area contributed by atoms with Gasteiger partial charge >= 0.3 is 5.97 Å². The van der Waals surface area contributed by atoms with Crippen molar-refractivity contribution in [1.29, 1.82) is 5.26 Å². The van der Waals surface area contributed by atoms with Crippen LogP contribution in [0.25, 0.3) is 0 Å². The van der Waals surface area contributed by atoms with Gasteiger partial charge in [0.2, 0.25) is 5.91 Å². The van der Waals surface area contributed by atoms with Crippen molar-refractivity contribution in [2.75, 3.05) is 0 Å². The van der Waals surface area contributed by atoms with Crippen LogP contribution in [0.4, 0.5) is 0 Å². The molecule has 0 saturated heterocycles. The van der Waals surface area contributed by atoms with Gasteiger partial charge in [0.15, 0.2) is 0 Å². The van der Waals surface area contributed by atoms with Crippen molar-refractivity contribution in [2.45, 2.75) is 32.7 Å². The summed E-state index contributed by atoms with van der Waals surface area (Å²) in [5.41, 5.74) is 1.48. The van der Waals surface area contributed by atoms with Crippen LogP contribution in [0, 0.1) is 17.2 Å². The highest BCUT2D eigenvalue weighted by molar-refractivity contribution is 5.77. The number of hydrogen-bond donors (Lipinski definition) is 2. The largest absolute Gasteiger partial charge is 0.481 e. The molecule has 0 aliphatic carbocycles. The second-order valence-electron chi connectivity index (χ2n) is 4.93. The van der Waals surface area contributed by atoms with Crippen LogP contribution in [0.1, 0.15) is 43.9 Å². The molecule has 0 aliphatic rings. The van der Waals surface area contributed by atoms with Gasteiger partial charge in [-0.2, -0.15) is 5.26 Å². The van der Waals surface area contributed by atoms with E-state index in [9.17, 15) is 9.59 Å². The van der Waals surface area contributed by atoms with E-state index in [2.05, 4.69) is 5.32 Å². The molecule has 0 heterocycles. The zero-order valence-electron chi connectivity index (χ0n) is 11.6. The molecule has 2 atom stereocenters. The van der Waals surface area contributed by atoms with Crippen molar-refractivity contribution in [1.82, 2.24) is 5.32 Å². The summed E-state index contributed by atoms with van der Waals surface area (Å²) in [5, 5.41) is 20.2. The Balaban J connectivity index is 2.52. The molecule has 0 aliphatic heterocycles. The quantitative estimate of drug-likeness (QED) is 0.832. The summed E-state index contributed by atoms with van der Waals surface area (Å²) < 4.78 is 0. The lowest BCUT2D eigenvalue weighted by molar-refractivity contribution is -0.138. The van der Waals surface area contributed by atoms with Gasteiger partial charge in [-0.3, -0.25) is 9.59 Å². The van der Waals surface area contributed by atoms with Crippen molar-refractivity contribution < 1.29 is 14.7 Å². The highest BCUT2D eigenvalue weighted by atomic mass is 16.4. The molecule has 2 N–H and O–H groups in total. The van der Waals surface area contributed by atoms with Crippen LogP contribution in [0.3, 0.4) is 0 Å². The van der Waals surface area contributed by atoms with Gasteiger partial charge in [0, 0.05) is 12.8 Å². The molecule has 0 bridgehead atoms. The summed E-state index contributed by atoms with van der Waals surface area (Å²) in [4.78, 5) is 22.3. The van der Waals surface area contributed by atoms with Crippen LogP contribution in [0.15, 0.2) is 24.3 Å². The molecule has 1 aromatic carbocycles. The fourth-order valence-electron chi connectivity index (χ4n) is 1.92. The van der Waals surface area contributed by atoms with E-state index in [1.165, 1.54) is 0 Å². The molecule has 0 fully saturated rings. The maximum atomic E-state index is 11.8. The van der Waals surface area contributed by atoms with Crippen LogP contribution in [0.5, 0.6) is 0 Å². The summed E-state index contributed by atoms with van der Waals surface area (Å²) in [6.45, 7) is 3.58. The average molecular weight is 274 g/mol. The van der Waals surface area contributed by atoms with Crippen molar-refractivity contribution in [2.24, 2.45) is 5.92 Å². The maximum Gasteiger partial charge on any atom is 0.303 e. The minimum Gasteiger partial charge on any atom is -0.481 e. The molecule has 5 nitrogen and oxygen atoms in total. The average Bonchev–Trinajstić information content (AvgIpc) is 2.37. The van der Waals surface area contributed by atoms with E-state index in [1.807, 2.05) is 13.0 Å². The van der Waals surface area contributed by atoms with Gasteiger partial charge < -0.3 is 10.4 Å². The molecular formula is C15H18N2O3. The predicted octanol–water partition coefficient (Wildman–Crippen LogP) is 2.24. The van der Waals surface area contributed by atoms with Gasteiger partial charge in [-0.05, 0) is 30.5 Å². The normalized spacial score (nSPS) is 13.1. The summed E-state index contributed by atoms with van der Waals surface area (Å²) in [5.74, 6) is -1.26. The molecule has 20 heavy (non-hydrogen) atoms. The SMILES string of the molecule is CC(CC(=O)O)CC(=O)NC(C)c1ccc(C#N)cc1. The summed E-state index contributed by atoms with van der Waals surface area (Å²) in [6, 6.07) is 8.85. The minimum absolute atomic E-state index is 0.0152. The topological polar surface area (TPSA) is 90.2 Å². The van der Waals surface area contributed by atoms with E-state index in [1.54, 1.807) is 31.2 Å². The molecule has 106 valence electrons. The van der Waals surface area contributed by atoms with Crippen molar-refractivity contribution in [3.8, 4) is 6.07 Å². The number of amides is 1. The Labute approximate surface area is 118 Å². The first-order chi connectivity index (χ1) is 9.42. The summed E-state index contributed by atoms with van der Waals surface area (Å²) >= 11 is 0. The smallest absolute Gasteiger partial charge is 0.303 e. The number of carboxylic acid groups (broad SMARTS) is 1. The fraction of sp³-hybridized carbons (Fsp3) is 0.400. The molecule has 1 rings (SSSR count). The Bertz CT molecular complexity index is 517. The number of benzene rings is 1. The minimum atomic E-state index is -0.898. The van der Waals surface area contributed by atoms with Crippen LogP contribution >= 0.6 is 0 Å². The van der Waals surface area contributed by atoms with Crippen molar-refractivity contribution in [3.05, 3.63) is 35.4 Å². The van der Waals surface area contributed by atoms with Crippen LogP contribution < -0.4 is 5.32 Å². The Morgan fingerprint density at radius 3 is 2.35 bits per heavy atom. The lowest BCUT2D eigenvalue weighted by atomic mass is 10.0. The Morgan fingerprint density at radius 1 is 1.25 bits per heavy atom. The van der Waals surface area contributed by atoms with E-state index >= 15 is 0 Å². The molecule has 0 spiro atoms. The van der Waals surface area contributed by atoms with Gasteiger partial charge in [0.25, 0.3) is 0 Å². The lowest BCUT2D eigenvalue weighted by Gasteiger charge is -2.16.